The fourth-order valence-corrected chi connectivity index (χ4v) is 2.53. The zero-order valence-electron chi connectivity index (χ0n) is 12.6. The molecule has 1 unspecified atom stereocenters. The van der Waals surface area contributed by atoms with Gasteiger partial charge in [0, 0.05) is 32.2 Å². The second kappa shape index (κ2) is 7.86. The van der Waals surface area contributed by atoms with E-state index < -0.39 is 6.03 Å². The van der Waals surface area contributed by atoms with Crippen molar-refractivity contribution in [2.75, 3.05) is 32.7 Å². The van der Waals surface area contributed by atoms with Crippen molar-refractivity contribution in [2.45, 2.75) is 13.0 Å². The van der Waals surface area contributed by atoms with Gasteiger partial charge in [0.25, 0.3) is 0 Å². The molecule has 3 N–H and O–H groups in total. The topological polar surface area (TPSA) is 73.5 Å². The number of halogens is 1. The van der Waals surface area contributed by atoms with Gasteiger partial charge in [0.2, 0.25) is 5.91 Å². The summed E-state index contributed by atoms with van der Waals surface area (Å²) in [6.45, 7) is 4.38. The highest BCUT2D eigenvalue weighted by Crippen LogP contribution is 2.22. The number of nitrogens with zero attached hydrogens (tertiary/aromatic N) is 1. The lowest BCUT2D eigenvalue weighted by atomic mass is 10.0. The van der Waals surface area contributed by atoms with Crippen LogP contribution in [0, 0.1) is 5.82 Å². The van der Waals surface area contributed by atoms with Gasteiger partial charge in [0.1, 0.15) is 5.82 Å². The monoisotopic (exact) mass is 308 g/mol. The lowest BCUT2D eigenvalue weighted by Gasteiger charge is -2.35. The van der Waals surface area contributed by atoms with Crippen molar-refractivity contribution >= 4 is 11.9 Å². The van der Waals surface area contributed by atoms with Crippen LogP contribution in [0.1, 0.15) is 18.5 Å². The van der Waals surface area contributed by atoms with Gasteiger partial charge in [-0.2, -0.15) is 0 Å². The Kier molecular flexibility index (Phi) is 5.85. The quantitative estimate of drug-likeness (QED) is 0.762. The molecule has 1 fully saturated rings. The fraction of sp³-hybridized carbons (Fsp3) is 0.467. The number of carbonyl (C=O) groups excluding carboxylic acids is 2. The Labute approximate surface area is 129 Å². The molecule has 0 saturated carbocycles. The molecule has 6 nitrogen and oxygen atoms in total. The molecule has 22 heavy (non-hydrogen) atoms. The molecule has 1 aromatic rings. The van der Waals surface area contributed by atoms with E-state index in [4.69, 9.17) is 0 Å². The van der Waals surface area contributed by atoms with Gasteiger partial charge >= 0.3 is 6.03 Å². The van der Waals surface area contributed by atoms with E-state index in [0.717, 1.165) is 12.1 Å². The number of hydrogen-bond donors (Lipinski definition) is 3. The van der Waals surface area contributed by atoms with Gasteiger partial charge in [-0.3, -0.25) is 15.0 Å². The van der Waals surface area contributed by atoms with Crippen LogP contribution in [0.2, 0.25) is 0 Å². The van der Waals surface area contributed by atoms with Gasteiger partial charge in [0.05, 0.1) is 6.54 Å². The van der Waals surface area contributed by atoms with Crippen LogP contribution < -0.4 is 16.0 Å². The van der Waals surface area contributed by atoms with Crippen molar-refractivity contribution in [3.8, 4) is 0 Å². The van der Waals surface area contributed by atoms with E-state index in [1.165, 1.54) is 12.1 Å². The molecule has 0 radical (unpaired) electrons. The third-order valence-electron chi connectivity index (χ3n) is 3.52. The van der Waals surface area contributed by atoms with Crippen LogP contribution in [0.25, 0.3) is 0 Å². The molecule has 0 aliphatic carbocycles. The second-order valence-electron chi connectivity index (χ2n) is 5.15. The number of benzene rings is 1. The van der Waals surface area contributed by atoms with Crippen molar-refractivity contribution in [3.63, 3.8) is 0 Å². The van der Waals surface area contributed by atoms with E-state index in [1.54, 1.807) is 13.0 Å². The highest BCUT2D eigenvalue weighted by molar-refractivity contribution is 5.95. The van der Waals surface area contributed by atoms with Crippen LogP contribution in [0.4, 0.5) is 9.18 Å². The van der Waals surface area contributed by atoms with Crippen LogP contribution in [-0.4, -0.2) is 49.6 Å². The van der Waals surface area contributed by atoms with Gasteiger partial charge in [-0.1, -0.05) is 12.1 Å². The molecule has 1 aromatic carbocycles. The molecule has 0 bridgehead atoms. The summed E-state index contributed by atoms with van der Waals surface area (Å²) < 4.78 is 13.4. The van der Waals surface area contributed by atoms with Crippen molar-refractivity contribution < 1.29 is 14.0 Å². The molecular formula is C15H21FN4O2. The van der Waals surface area contributed by atoms with Crippen LogP contribution in [-0.2, 0) is 4.79 Å². The SMILES string of the molecule is CCNC(=O)NC(=O)CN1CCNCC1c1cccc(F)c1. The maximum Gasteiger partial charge on any atom is 0.321 e. The second-order valence-corrected chi connectivity index (χ2v) is 5.15. The number of nitrogens with one attached hydrogen (secondary N) is 3. The minimum atomic E-state index is -0.495. The molecule has 2 rings (SSSR count). The number of urea groups is 1. The summed E-state index contributed by atoms with van der Waals surface area (Å²) in [5.41, 5.74) is 0.818. The first-order chi connectivity index (χ1) is 10.6. The van der Waals surface area contributed by atoms with E-state index in [0.29, 0.717) is 19.6 Å². The third-order valence-corrected chi connectivity index (χ3v) is 3.52. The molecule has 7 heteroatoms. The number of carbonyl (C=O) groups is 2. The summed E-state index contributed by atoms with van der Waals surface area (Å²) in [6, 6.07) is 5.79. The van der Waals surface area contributed by atoms with Crippen molar-refractivity contribution in [1.29, 1.82) is 0 Å². The summed E-state index contributed by atoms with van der Waals surface area (Å²) in [6.07, 6.45) is 0. The van der Waals surface area contributed by atoms with Gasteiger partial charge in [-0.25, -0.2) is 9.18 Å². The number of piperazine rings is 1. The minimum absolute atomic E-state index is 0.0931. The Morgan fingerprint density at radius 1 is 1.45 bits per heavy atom. The first-order valence-corrected chi connectivity index (χ1v) is 7.38. The van der Waals surface area contributed by atoms with Gasteiger partial charge in [-0.15, -0.1) is 0 Å². The van der Waals surface area contributed by atoms with Gasteiger partial charge < -0.3 is 10.6 Å². The summed E-state index contributed by atoms with van der Waals surface area (Å²) in [4.78, 5) is 25.2. The highest BCUT2D eigenvalue weighted by atomic mass is 19.1. The standard InChI is InChI=1S/C15H21FN4O2/c1-2-18-15(22)19-14(21)10-20-7-6-17-9-13(20)11-4-3-5-12(16)8-11/h3-5,8,13,17H,2,6-7,9-10H2,1H3,(H2,18,19,21,22). The Bertz CT molecular complexity index is 538. The minimum Gasteiger partial charge on any atom is -0.338 e. The average Bonchev–Trinajstić information content (AvgIpc) is 2.47. The normalized spacial score (nSPS) is 18.7. The van der Waals surface area contributed by atoms with Crippen molar-refractivity contribution in [2.24, 2.45) is 0 Å². The van der Waals surface area contributed by atoms with Crippen LogP contribution in [0.15, 0.2) is 24.3 Å². The Morgan fingerprint density at radius 2 is 2.27 bits per heavy atom. The van der Waals surface area contributed by atoms with Gasteiger partial charge in [-0.05, 0) is 24.6 Å². The van der Waals surface area contributed by atoms with E-state index in [9.17, 15) is 14.0 Å². The average molecular weight is 308 g/mol. The smallest absolute Gasteiger partial charge is 0.321 e. The summed E-state index contributed by atoms with van der Waals surface area (Å²) in [5.74, 6) is -0.663. The molecule has 1 heterocycles. The molecular weight excluding hydrogens is 287 g/mol. The van der Waals surface area contributed by atoms with E-state index in [-0.39, 0.29) is 24.3 Å². The molecule has 120 valence electrons. The highest BCUT2D eigenvalue weighted by Gasteiger charge is 2.26. The fourth-order valence-electron chi connectivity index (χ4n) is 2.53. The molecule has 3 amide bonds. The molecule has 0 aromatic heterocycles. The van der Waals surface area contributed by atoms with Crippen molar-refractivity contribution in [3.05, 3.63) is 35.6 Å². The number of rotatable bonds is 4. The van der Waals surface area contributed by atoms with E-state index in [2.05, 4.69) is 16.0 Å². The number of amides is 3. The van der Waals surface area contributed by atoms with Gasteiger partial charge in [0.15, 0.2) is 0 Å². The number of hydrogen-bond acceptors (Lipinski definition) is 4. The lowest BCUT2D eigenvalue weighted by molar-refractivity contribution is -0.122. The molecule has 1 aliphatic heterocycles. The van der Waals surface area contributed by atoms with Crippen LogP contribution in [0.3, 0.4) is 0 Å². The first kappa shape index (κ1) is 16.4. The van der Waals surface area contributed by atoms with E-state index in [1.807, 2.05) is 11.0 Å². The maximum atomic E-state index is 13.4. The third kappa shape index (κ3) is 4.51. The zero-order chi connectivity index (χ0) is 15.9. The summed E-state index contributed by atoms with van der Waals surface area (Å²) in [7, 11) is 0. The first-order valence-electron chi connectivity index (χ1n) is 7.38. The number of imide groups is 1. The lowest BCUT2D eigenvalue weighted by Crippen LogP contribution is -2.51. The van der Waals surface area contributed by atoms with Crippen molar-refractivity contribution in [1.82, 2.24) is 20.9 Å². The maximum absolute atomic E-state index is 13.4. The predicted molar refractivity (Wildman–Crippen MR) is 80.8 cm³/mol. The Balaban J connectivity index is 2.01. The molecule has 1 atom stereocenters. The predicted octanol–water partition coefficient (Wildman–Crippen LogP) is 0.618. The van der Waals surface area contributed by atoms with Crippen LogP contribution in [0.5, 0.6) is 0 Å². The molecule has 1 saturated heterocycles. The largest absolute Gasteiger partial charge is 0.338 e. The summed E-state index contributed by atoms with van der Waals surface area (Å²) in [5, 5.41) is 8.04. The Morgan fingerprint density at radius 3 is 3.00 bits per heavy atom. The zero-order valence-corrected chi connectivity index (χ0v) is 12.6. The van der Waals surface area contributed by atoms with E-state index >= 15 is 0 Å². The summed E-state index contributed by atoms with van der Waals surface area (Å²) >= 11 is 0. The molecule has 0 spiro atoms. The Hall–Kier alpha value is -1.99. The van der Waals surface area contributed by atoms with Crippen LogP contribution >= 0.6 is 0 Å². The molecule has 1 aliphatic rings.